The van der Waals surface area contributed by atoms with Gasteiger partial charge in [-0.1, -0.05) is 0 Å². The van der Waals surface area contributed by atoms with Crippen molar-refractivity contribution in [3.8, 4) is 0 Å². The minimum absolute atomic E-state index is 0.210. The summed E-state index contributed by atoms with van der Waals surface area (Å²) in [6.45, 7) is -0.891. The third kappa shape index (κ3) is 2.63. The van der Waals surface area contributed by atoms with Gasteiger partial charge in [-0.25, -0.2) is 4.98 Å². The van der Waals surface area contributed by atoms with E-state index < -0.39 is 12.1 Å². The van der Waals surface area contributed by atoms with Crippen molar-refractivity contribution >= 4 is 11.0 Å². The van der Waals surface area contributed by atoms with Crippen LogP contribution in [0.4, 0.5) is 0 Å². The number of nitrogens with one attached hydrogen (secondary N) is 3. The van der Waals surface area contributed by atoms with Crippen LogP contribution in [0.3, 0.4) is 0 Å². The van der Waals surface area contributed by atoms with Gasteiger partial charge in [0.15, 0.2) is 0 Å². The van der Waals surface area contributed by atoms with Gasteiger partial charge in [0.05, 0.1) is 38.2 Å². The zero-order valence-electron chi connectivity index (χ0n) is 10.00. The number of rotatable bonds is 6. The molecule has 2 aromatic rings. The van der Waals surface area contributed by atoms with Crippen molar-refractivity contribution in [1.29, 1.82) is 0 Å². The van der Waals surface area contributed by atoms with Gasteiger partial charge in [0.2, 0.25) is 0 Å². The average molecular weight is 269 g/mol. The van der Waals surface area contributed by atoms with E-state index in [1.807, 2.05) is 0 Å². The fourth-order valence-electron chi connectivity index (χ4n) is 1.78. The molecule has 0 unspecified atom stereocenters. The Labute approximate surface area is 107 Å². The molecule has 6 N–H and O–H groups in total. The number of aromatic nitrogens is 4. The van der Waals surface area contributed by atoms with Gasteiger partial charge < -0.3 is 20.3 Å². The Balaban J connectivity index is 2.36. The first-order valence-electron chi connectivity index (χ1n) is 5.71. The van der Waals surface area contributed by atoms with Gasteiger partial charge >= 0.3 is 0 Å². The first-order valence-corrected chi connectivity index (χ1v) is 5.71. The number of aromatic amines is 2. The molecule has 0 spiro atoms. The molecule has 2 aromatic heterocycles. The molecular formula is C10H15N5O4. The summed E-state index contributed by atoms with van der Waals surface area (Å²) in [7, 11) is 0. The molecule has 0 aliphatic rings. The van der Waals surface area contributed by atoms with Crippen molar-refractivity contribution < 1.29 is 15.3 Å². The standard InChI is InChI=1S/C10H15N5O4/c16-1-5(2-17)13-6(3-18)7-8-9(15-14-7)10(19)12-4-11-8/h4-6,13,16-18H,1-3H2,(H,14,15)(H,11,12,19)/t6-/m0/s1. The van der Waals surface area contributed by atoms with Crippen LogP contribution < -0.4 is 10.9 Å². The van der Waals surface area contributed by atoms with Crippen LogP contribution in [0.5, 0.6) is 0 Å². The molecular weight excluding hydrogens is 254 g/mol. The number of aliphatic hydroxyl groups excluding tert-OH is 3. The topological polar surface area (TPSA) is 147 Å². The number of fused-ring (bicyclic) bond motifs is 1. The molecule has 0 radical (unpaired) electrons. The fourth-order valence-corrected chi connectivity index (χ4v) is 1.78. The van der Waals surface area contributed by atoms with Crippen molar-refractivity contribution in [1.82, 2.24) is 25.5 Å². The molecule has 0 saturated heterocycles. The summed E-state index contributed by atoms with van der Waals surface area (Å²) in [5.41, 5.74) is 0.545. The summed E-state index contributed by atoms with van der Waals surface area (Å²) in [5.74, 6) is 0. The second-order valence-corrected chi connectivity index (χ2v) is 4.03. The third-order valence-corrected chi connectivity index (χ3v) is 2.77. The predicted molar refractivity (Wildman–Crippen MR) is 65.4 cm³/mol. The number of hydrogen-bond donors (Lipinski definition) is 6. The van der Waals surface area contributed by atoms with Crippen LogP contribution >= 0.6 is 0 Å². The van der Waals surface area contributed by atoms with E-state index in [2.05, 4.69) is 25.5 Å². The molecule has 1 atom stereocenters. The Kier molecular flexibility index (Phi) is 4.22. The number of nitrogens with zero attached hydrogens (tertiary/aromatic N) is 2. The monoisotopic (exact) mass is 269 g/mol. The highest BCUT2D eigenvalue weighted by Gasteiger charge is 2.21. The van der Waals surface area contributed by atoms with Crippen LogP contribution in [0.25, 0.3) is 11.0 Å². The van der Waals surface area contributed by atoms with E-state index in [1.54, 1.807) is 0 Å². The molecule has 0 aromatic carbocycles. The lowest BCUT2D eigenvalue weighted by atomic mass is 10.1. The van der Waals surface area contributed by atoms with Gasteiger partial charge in [0.25, 0.3) is 5.56 Å². The number of H-pyrrole nitrogens is 2. The maximum atomic E-state index is 11.5. The number of aliphatic hydroxyl groups is 3. The van der Waals surface area contributed by atoms with Crippen LogP contribution in [0.1, 0.15) is 11.7 Å². The Morgan fingerprint density at radius 3 is 2.63 bits per heavy atom. The van der Waals surface area contributed by atoms with Crippen LogP contribution in [0, 0.1) is 0 Å². The van der Waals surface area contributed by atoms with Crippen molar-refractivity contribution in [2.75, 3.05) is 19.8 Å². The molecule has 19 heavy (non-hydrogen) atoms. The van der Waals surface area contributed by atoms with Gasteiger partial charge in [-0.15, -0.1) is 0 Å². The Morgan fingerprint density at radius 2 is 2.00 bits per heavy atom. The van der Waals surface area contributed by atoms with E-state index in [0.29, 0.717) is 11.2 Å². The second-order valence-electron chi connectivity index (χ2n) is 4.03. The summed E-state index contributed by atoms with van der Waals surface area (Å²) in [5, 5.41) is 36.8. The molecule has 9 heteroatoms. The molecule has 2 rings (SSSR count). The van der Waals surface area contributed by atoms with E-state index in [-0.39, 0.29) is 30.9 Å². The quantitative estimate of drug-likeness (QED) is 0.343. The lowest BCUT2D eigenvalue weighted by Gasteiger charge is -2.20. The Hall–Kier alpha value is -1.81. The van der Waals surface area contributed by atoms with Crippen LogP contribution in [-0.4, -0.2) is 61.3 Å². The van der Waals surface area contributed by atoms with Crippen molar-refractivity contribution in [2.45, 2.75) is 12.1 Å². The molecule has 0 amide bonds. The summed E-state index contributed by atoms with van der Waals surface area (Å²) in [6.07, 6.45) is 1.24. The number of hydrogen-bond acceptors (Lipinski definition) is 7. The predicted octanol–water partition coefficient (Wildman–Crippen LogP) is -2.38. The minimum Gasteiger partial charge on any atom is -0.395 e. The van der Waals surface area contributed by atoms with Gasteiger partial charge in [-0.2, -0.15) is 5.10 Å². The van der Waals surface area contributed by atoms with E-state index >= 15 is 0 Å². The third-order valence-electron chi connectivity index (χ3n) is 2.77. The summed E-state index contributed by atoms with van der Waals surface area (Å²) in [4.78, 5) is 17.9. The summed E-state index contributed by atoms with van der Waals surface area (Å²) in [6, 6.07) is -1.24. The zero-order valence-corrected chi connectivity index (χ0v) is 10.00. The molecule has 9 nitrogen and oxygen atoms in total. The molecule has 0 bridgehead atoms. The van der Waals surface area contributed by atoms with Gasteiger partial charge in [0.1, 0.15) is 16.7 Å². The lowest BCUT2D eigenvalue weighted by Crippen LogP contribution is -2.40. The molecule has 2 heterocycles. The molecule has 104 valence electrons. The van der Waals surface area contributed by atoms with Crippen molar-refractivity contribution in [3.63, 3.8) is 0 Å². The maximum absolute atomic E-state index is 11.5. The Morgan fingerprint density at radius 1 is 1.26 bits per heavy atom. The highest BCUT2D eigenvalue weighted by molar-refractivity contribution is 5.75. The molecule has 0 aliphatic carbocycles. The Bertz CT molecular complexity index is 591. The van der Waals surface area contributed by atoms with E-state index in [4.69, 9.17) is 10.2 Å². The molecule has 0 aliphatic heterocycles. The molecule has 0 fully saturated rings. The van der Waals surface area contributed by atoms with Crippen LogP contribution in [0.15, 0.2) is 11.1 Å². The first-order chi connectivity index (χ1) is 9.21. The SMILES string of the molecule is O=c1[nH]cnc2c([C@H](CO)NC(CO)CO)n[nH]c12. The summed E-state index contributed by atoms with van der Waals surface area (Å²) < 4.78 is 0. The largest absolute Gasteiger partial charge is 0.395 e. The van der Waals surface area contributed by atoms with Crippen molar-refractivity contribution in [3.05, 3.63) is 22.4 Å². The zero-order chi connectivity index (χ0) is 13.8. The highest BCUT2D eigenvalue weighted by Crippen LogP contribution is 2.17. The van der Waals surface area contributed by atoms with Crippen LogP contribution in [-0.2, 0) is 0 Å². The van der Waals surface area contributed by atoms with Gasteiger partial charge in [0, 0.05) is 0 Å². The normalized spacial score (nSPS) is 13.3. The van der Waals surface area contributed by atoms with Crippen molar-refractivity contribution in [2.24, 2.45) is 0 Å². The van der Waals surface area contributed by atoms with Gasteiger partial charge in [-0.3, -0.25) is 15.2 Å². The van der Waals surface area contributed by atoms with E-state index in [9.17, 15) is 9.90 Å². The lowest BCUT2D eigenvalue weighted by molar-refractivity contribution is 0.144. The van der Waals surface area contributed by atoms with Gasteiger partial charge in [-0.05, 0) is 0 Å². The van der Waals surface area contributed by atoms with E-state index in [1.165, 1.54) is 6.33 Å². The smallest absolute Gasteiger partial charge is 0.276 e. The second kappa shape index (κ2) is 5.89. The minimum atomic E-state index is -0.646. The average Bonchev–Trinajstić information content (AvgIpc) is 2.86. The summed E-state index contributed by atoms with van der Waals surface area (Å²) >= 11 is 0. The van der Waals surface area contributed by atoms with E-state index in [0.717, 1.165) is 0 Å². The molecule has 0 saturated carbocycles. The first kappa shape index (κ1) is 13.6. The fraction of sp³-hybridized carbons (Fsp3) is 0.500. The van der Waals surface area contributed by atoms with Crippen LogP contribution in [0.2, 0.25) is 0 Å². The highest BCUT2D eigenvalue weighted by atomic mass is 16.3. The maximum Gasteiger partial charge on any atom is 0.276 e.